The Labute approximate surface area is 185 Å². The molecule has 2 unspecified atom stereocenters. The summed E-state index contributed by atoms with van der Waals surface area (Å²) < 4.78 is 16.3. The van der Waals surface area contributed by atoms with Gasteiger partial charge < -0.3 is 19.7 Å². The number of hydrogen-bond donors (Lipinski definition) is 1. The van der Waals surface area contributed by atoms with Crippen LogP contribution in [0.4, 0.5) is 0 Å². The van der Waals surface area contributed by atoms with Gasteiger partial charge in [0.25, 0.3) is 0 Å². The van der Waals surface area contributed by atoms with Gasteiger partial charge in [0.1, 0.15) is 12.4 Å². The van der Waals surface area contributed by atoms with E-state index in [0.717, 1.165) is 10.9 Å². The third kappa shape index (κ3) is 4.90. The number of aromatic nitrogens is 2. The van der Waals surface area contributed by atoms with Gasteiger partial charge in [0.05, 0.1) is 17.3 Å². The first-order valence-electron chi connectivity index (χ1n) is 9.60. The molecule has 0 radical (unpaired) electrons. The molecule has 7 nitrogen and oxygen atoms in total. The zero-order chi connectivity index (χ0) is 22.6. The van der Waals surface area contributed by atoms with Crippen molar-refractivity contribution in [3.63, 3.8) is 0 Å². The van der Waals surface area contributed by atoms with Gasteiger partial charge in [0.2, 0.25) is 11.2 Å². The number of pyridine rings is 1. The third-order valence-electron chi connectivity index (χ3n) is 5.10. The Hall–Kier alpha value is -2.86. The monoisotopic (exact) mass is 439 g/mol. The molecule has 31 heavy (non-hydrogen) atoms. The fraction of sp³-hybridized carbons (Fsp3) is 0.348. The van der Waals surface area contributed by atoms with Gasteiger partial charge in [-0.25, -0.2) is 0 Å². The maximum Gasteiger partial charge on any atom is 0.204 e. The number of nitrogens with zero attached hydrogens (tertiary/aromatic N) is 2. The highest BCUT2D eigenvalue weighted by Gasteiger charge is 2.40. The minimum absolute atomic E-state index is 0.246. The number of ketones is 1. The van der Waals surface area contributed by atoms with Crippen molar-refractivity contribution in [3.8, 4) is 18.1 Å². The molecule has 0 aliphatic carbocycles. The highest BCUT2D eigenvalue weighted by molar-refractivity contribution is 7.99. The first-order valence-corrected chi connectivity index (χ1v) is 10.9. The zero-order valence-corrected chi connectivity index (χ0v) is 18.7. The highest BCUT2D eigenvalue weighted by Crippen LogP contribution is 2.30. The molecule has 0 amide bonds. The molecule has 0 spiro atoms. The van der Waals surface area contributed by atoms with E-state index in [2.05, 4.69) is 16.1 Å². The molecular formula is C23H25N3O4S. The number of rotatable bonds is 9. The summed E-state index contributed by atoms with van der Waals surface area (Å²) >= 11 is 1.28. The summed E-state index contributed by atoms with van der Waals surface area (Å²) in [5.74, 6) is 3.42. The average Bonchev–Trinajstić information content (AvgIpc) is 3.25. The van der Waals surface area contributed by atoms with Crippen molar-refractivity contribution < 1.29 is 18.8 Å². The lowest BCUT2D eigenvalue weighted by Gasteiger charge is -2.30. The van der Waals surface area contributed by atoms with Crippen LogP contribution in [-0.4, -0.2) is 40.8 Å². The molecule has 0 fully saturated rings. The van der Waals surface area contributed by atoms with Gasteiger partial charge in [0.15, 0.2) is 5.76 Å². The normalized spacial score (nSPS) is 13.5. The lowest BCUT2D eigenvalue weighted by Crippen LogP contribution is -2.51. The van der Waals surface area contributed by atoms with E-state index in [1.54, 1.807) is 31.7 Å². The number of thioether (sulfide) groups is 1. The van der Waals surface area contributed by atoms with Gasteiger partial charge in [-0.1, -0.05) is 24.9 Å². The quantitative estimate of drug-likeness (QED) is 0.400. The first kappa shape index (κ1) is 22.8. The molecular weight excluding hydrogens is 414 g/mol. The van der Waals surface area contributed by atoms with E-state index < -0.39 is 16.9 Å². The maximum atomic E-state index is 13.2. The van der Waals surface area contributed by atoms with E-state index in [1.165, 1.54) is 11.8 Å². The lowest BCUT2D eigenvalue weighted by molar-refractivity contribution is -0.125. The van der Waals surface area contributed by atoms with Crippen molar-refractivity contribution in [2.75, 3.05) is 13.4 Å². The van der Waals surface area contributed by atoms with Gasteiger partial charge >= 0.3 is 0 Å². The fourth-order valence-electron chi connectivity index (χ4n) is 3.10. The molecule has 2 heterocycles. The van der Waals surface area contributed by atoms with Gasteiger partial charge in [-0.2, -0.15) is 0 Å². The van der Waals surface area contributed by atoms with Crippen LogP contribution in [0.3, 0.4) is 0 Å². The molecule has 8 heteroatoms. The van der Waals surface area contributed by atoms with Crippen molar-refractivity contribution in [2.24, 2.45) is 5.73 Å². The maximum absolute atomic E-state index is 13.2. The van der Waals surface area contributed by atoms with E-state index in [4.69, 9.17) is 26.2 Å². The van der Waals surface area contributed by atoms with Crippen molar-refractivity contribution in [3.05, 3.63) is 53.5 Å². The van der Waals surface area contributed by atoms with E-state index >= 15 is 0 Å². The van der Waals surface area contributed by atoms with Crippen LogP contribution in [0.15, 0.2) is 41.1 Å². The van der Waals surface area contributed by atoms with Crippen LogP contribution >= 0.6 is 11.8 Å². The van der Waals surface area contributed by atoms with Crippen molar-refractivity contribution in [2.45, 2.75) is 37.3 Å². The summed E-state index contributed by atoms with van der Waals surface area (Å²) in [5, 5.41) is 4.90. The van der Waals surface area contributed by atoms with E-state index in [1.807, 2.05) is 32.0 Å². The summed E-state index contributed by atoms with van der Waals surface area (Å²) in [4.78, 5) is 17.5. The number of hydrogen-bond acceptors (Lipinski definition) is 8. The Morgan fingerprint density at radius 1 is 1.35 bits per heavy atom. The predicted molar refractivity (Wildman–Crippen MR) is 121 cm³/mol. The van der Waals surface area contributed by atoms with Gasteiger partial charge in [-0.05, 0) is 30.5 Å². The molecule has 0 saturated heterocycles. The Bertz CT molecular complexity index is 1120. The standard InChI is InChI=1S/C23H25N3O4S/c1-6-14-9-15-10-16(7-8-18(15)25-12-14)29-22(31-5)20(27)21(24)23(2,3)19-11-17(13-28-4)30-26-19/h1,7-12,21-22H,13,24H2,2-5H3. The molecule has 162 valence electrons. The smallest absolute Gasteiger partial charge is 0.204 e. The summed E-state index contributed by atoms with van der Waals surface area (Å²) in [6.45, 7) is 4.00. The number of terminal acetylenes is 1. The van der Waals surface area contributed by atoms with Crippen LogP contribution in [0.2, 0.25) is 0 Å². The second kappa shape index (κ2) is 9.52. The fourth-order valence-corrected chi connectivity index (χ4v) is 3.68. The summed E-state index contributed by atoms with van der Waals surface area (Å²) in [6.07, 6.45) is 8.90. The van der Waals surface area contributed by atoms with Crippen molar-refractivity contribution >= 4 is 28.4 Å². The van der Waals surface area contributed by atoms with Gasteiger partial charge in [-0.3, -0.25) is 9.78 Å². The molecule has 0 aliphatic rings. The number of methoxy groups -OCH3 is 1. The van der Waals surface area contributed by atoms with Crippen LogP contribution < -0.4 is 10.5 Å². The van der Waals surface area contributed by atoms with Crippen molar-refractivity contribution in [1.82, 2.24) is 10.1 Å². The highest BCUT2D eigenvalue weighted by atomic mass is 32.2. The Morgan fingerprint density at radius 3 is 2.81 bits per heavy atom. The lowest BCUT2D eigenvalue weighted by atomic mass is 9.79. The molecule has 2 aromatic heterocycles. The Morgan fingerprint density at radius 2 is 2.13 bits per heavy atom. The number of carbonyl (C=O) groups is 1. The number of Topliss-reactive ketones (excluding diaryl/α,β-unsaturated/α-hetero) is 1. The van der Waals surface area contributed by atoms with Crippen molar-refractivity contribution in [1.29, 1.82) is 0 Å². The van der Waals surface area contributed by atoms with Crippen LogP contribution in [0, 0.1) is 12.3 Å². The second-order valence-corrected chi connectivity index (χ2v) is 8.52. The molecule has 3 aromatic rings. The minimum atomic E-state index is -0.861. The molecule has 0 aliphatic heterocycles. The Balaban J connectivity index is 1.80. The number of carbonyl (C=O) groups excluding carboxylic acids is 1. The van der Waals surface area contributed by atoms with Gasteiger partial charge in [-0.15, -0.1) is 18.2 Å². The Kier molecular flexibility index (Phi) is 7.01. The van der Waals surface area contributed by atoms with Crippen LogP contribution in [-0.2, 0) is 21.6 Å². The zero-order valence-electron chi connectivity index (χ0n) is 17.9. The minimum Gasteiger partial charge on any atom is -0.472 e. The topological polar surface area (TPSA) is 100 Å². The molecule has 0 saturated carbocycles. The van der Waals surface area contributed by atoms with E-state index in [-0.39, 0.29) is 5.78 Å². The number of fused-ring (bicyclic) bond motifs is 1. The van der Waals surface area contributed by atoms with Crippen LogP contribution in [0.1, 0.15) is 30.9 Å². The predicted octanol–water partition coefficient (Wildman–Crippen LogP) is 3.29. The summed E-state index contributed by atoms with van der Waals surface area (Å²) in [7, 11) is 1.57. The number of nitrogens with two attached hydrogens (primary N) is 1. The van der Waals surface area contributed by atoms with E-state index in [0.29, 0.717) is 29.4 Å². The molecule has 2 N–H and O–H groups in total. The van der Waals surface area contributed by atoms with Crippen LogP contribution in [0.5, 0.6) is 5.75 Å². The molecule has 1 aromatic carbocycles. The summed E-state index contributed by atoms with van der Waals surface area (Å²) in [6, 6.07) is 8.15. The second-order valence-electron chi connectivity index (χ2n) is 7.62. The first-order chi connectivity index (χ1) is 14.8. The molecule has 3 rings (SSSR count). The number of benzene rings is 1. The number of ether oxygens (including phenoxy) is 2. The third-order valence-corrected chi connectivity index (χ3v) is 5.86. The average molecular weight is 440 g/mol. The molecule has 0 bridgehead atoms. The summed E-state index contributed by atoms with van der Waals surface area (Å²) in [5.41, 5.74) is 6.87. The molecule has 2 atom stereocenters. The van der Waals surface area contributed by atoms with Gasteiger partial charge in [0, 0.05) is 35.7 Å². The SMILES string of the molecule is C#Cc1cnc2ccc(OC(SC)C(=O)C(N)C(C)(C)c3cc(COC)on3)cc2c1. The van der Waals surface area contributed by atoms with E-state index in [9.17, 15) is 4.79 Å². The van der Waals surface area contributed by atoms with Crippen LogP contribution in [0.25, 0.3) is 10.9 Å². The largest absolute Gasteiger partial charge is 0.472 e.